The molecule has 0 fully saturated rings. The predicted octanol–water partition coefficient (Wildman–Crippen LogP) is 3.82. The number of carbonyl (C=O) groups excluding carboxylic acids is 1. The van der Waals surface area contributed by atoms with E-state index < -0.39 is 0 Å². The summed E-state index contributed by atoms with van der Waals surface area (Å²) >= 11 is 1.53. The highest BCUT2D eigenvalue weighted by Crippen LogP contribution is 2.21. The quantitative estimate of drug-likeness (QED) is 0.798. The largest absolute Gasteiger partial charge is 0.337 e. The predicted molar refractivity (Wildman–Crippen MR) is 80.4 cm³/mol. The van der Waals surface area contributed by atoms with Crippen molar-refractivity contribution in [3.63, 3.8) is 0 Å². The average molecular weight is 289 g/mol. The highest BCUT2D eigenvalue weighted by molar-refractivity contribution is 7.98. The van der Waals surface area contributed by atoms with Crippen molar-refractivity contribution >= 4 is 17.7 Å². The molecular formula is C16H16FNOS. The molecule has 0 heterocycles. The Morgan fingerprint density at radius 1 is 1.15 bits per heavy atom. The Hall–Kier alpha value is -1.81. The van der Waals surface area contributed by atoms with Crippen molar-refractivity contribution in [2.24, 2.45) is 0 Å². The first-order valence-electron chi connectivity index (χ1n) is 6.25. The second-order valence-corrected chi connectivity index (χ2v) is 5.30. The molecule has 0 radical (unpaired) electrons. The zero-order valence-electron chi connectivity index (χ0n) is 11.5. The summed E-state index contributed by atoms with van der Waals surface area (Å²) in [4.78, 5) is 14.9. The summed E-state index contributed by atoms with van der Waals surface area (Å²) in [6.07, 6.45) is 1.93. The highest BCUT2D eigenvalue weighted by Gasteiger charge is 2.16. The lowest BCUT2D eigenvalue weighted by Crippen LogP contribution is -2.27. The first kappa shape index (κ1) is 14.6. The number of thioether (sulfide) groups is 1. The minimum absolute atomic E-state index is 0.0989. The fourth-order valence-corrected chi connectivity index (χ4v) is 2.57. The van der Waals surface area contributed by atoms with E-state index >= 15 is 0 Å². The molecule has 0 aliphatic rings. The van der Waals surface area contributed by atoms with Crippen molar-refractivity contribution in [2.75, 3.05) is 13.3 Å². The molecule has 0 aliphatic carbocycles. The number of nitrogens with zero attached hydrogens (tertiary/aromatic N) is 1. The van der Waals surface area contributed by atoms with Gasteiger partial charge in [0.25, 0.3) is 5.91 Å². The first-order chi connectivity index (χ1) is 9.63. The lowest BCUT2D eigenvalue weighted by atomic mass is 10.1. The molecule has 104 valence electrons. The maximum absolute atomic E-state index is 13.6. The maximum Gasteiger partial charge on any atom is 0.255 e. The van der Waals surface area contributed by atoms with Crippen molar-refractivity contribution in [2.45, 2.75) is 11.4 Å². The van der Waals surface area contributed by atoms with Gasteiger partial charge < -0.3 is 4.90 Å². The molecule has 0 N–H and O–H groups in total. The van der Waals surface area contributed by atoms with Crippen LogP contribution in [0, 0.1) is 5.82 Å². The molecule has 0 saturated carbocycles. The summed E-state index contributed by atoms with van der Waals surface area (Å²) in [5.41, 5.74) is 1.17. The summed E-state index contributed by atoms with van der Waals surface area (Å²) in [6, 6.07) is 14.0. The van der Waals surface area contributed by atoms with E-state index in [4.69, 9.17) is 0 Å². The van der Waals surface area contributed by atoms with E-state index in [1.807, 2.05) is 24.5 Å². The molecule has 4 heteroatoms. The normalized spacial score (nSPS) is 10.3. The van der Waals surface area contributed by atoms with E-state index in [0.29, 0.717) is 11.1 Å². The van der Waals surface area contributed by atoms with Gasteiger partial charge >= 0.3 is 0 Å². The van der Waals surface area contributed by atoms with Crippen LogP contribution in [-0.4, -0.2) is 24.1 Å². The number of halogens is 1. The van der Waals surface area contributed by atoms with Gasteiger partial charge in [-0.3, -0.25) is 4.79 Å². The Morgan fingerprint density at radius 3 is 2.50 bits per heavy atom. The third-order valence-electron chi connectivity index (χ3n) is 3.05. The maximum atomic E-state index is 13.6. The molecule has 2 aromatic rings. The molecule has 2 aromatic carbocycles. The number of amides is 1. The van der Waals surface area contributed by atoms with Gasteiger partial charge in [0.1, 0.15) is 5.82 Å². The zero-order valence-corrected chi connectivity index (χ0v) is 12.3. The van der Waals surface area contributed by atoms with E-state index in [-0.39, 0.29) is 18.3 Å². The van der Waals surface area contributed by atoms with E-state index in [2.05, 4.69) is 0 Å². The summed E-state index contributed by atoms with van der Waals surface area (Å²) in [7, 11) is 1.69. The van der Waals surface area contributed by atoms with Crippen LogP contribution in [0.25, 0.3) is 0 Å². The van der Waals surface area contributed by atoms with Crippen LogP contribution in [-0.2, 0) is 6.54 Å². The second-order valence-electron chi connectivity index (χ2n) is 4.45. The molecule has 0 spiro atoms. The van der Waals surface area contributed by atoms with Gasteiger partial charge in [0.15, 0.2) is 0 Å². The van der Waals surface area contributed by atoms with Crippen LogP contribution in [0.3, 0.4) is 0 Å². The number of carbonyl (C=O) groups is 1. The summed E-state index contributed by atoms with van der Waals surface area (Å²) < 4.78 is 13.6. The number of rotatable bonds is 4. The minimum Gasteiger partial charge on any atom is -0.337 e. The molecule has 0 bridgehead atoms. The van der Waals surface area contributed by atoms with Crippen molar-refractivity contribution in [1.82, 2.24) is 4.90 Å². The number of hydrogen-bond acceptors (Lipinski definition) is 2. The molecule has 2 nitrogen and oxygen atoms in total. The molecule has 0 aromatic heterocycles. The lowest BCUT2D eigenvalue weighted by molar-refractivity contribution is 0.0780. The van der Waals surface area contributed by atoms with Gasteiger partial charge in [-0.25, -0.2) is 4.39 Å². The summed E-state index contributed by atoms with van der Waals surface area (Å²) in [5.74, 6) is -0.386. The molecule has 0 saturated heterocycles. The van der Waals surface area contributed by atoms with Gasteiger partial charge in [0, 0.05) is 24.1 Å². The lowest BCUT2D eigenvalue weighted by Gasteiger charge is -2.19. The van der Waals surface area contributed by atoms with Gasteiger partial charge in [-0.1, -0.05) is 30.3 Å². The van der Waals surface area contributed by atoms with Crippen molar-refractivity contribution in [3.8, 4) is 0 Å². The van der Waals surface area contributed by atoms with E-state index in [0.717, 1.165) is 4.90 Å². The zero-order chi connectivity index (χ0) is 14.5. The minimum atomic E-state index is -0.287. The Kier molecular flexibility index (Phi) is 4.79. The first-order valence-corrected chi connectivity index (χ1v) is 7.48. The molecule has 20 heavy (non-hydrogen) atoms. The van der Waals surface area contributed by atoms with Gasteiger partial charge in [0.2, 0.25) is 0 Å². The van der Waals surface area contributed by atoms with Gasteiger partial charge in [0.05, 0.1) is 5.56 Å². The average Bonchev–Trinajstić information content (AvgIpc) is 2.48. The third-order valence-corrected chi connectivity index (χ3v) is 3.85. The third kappa shape index (κ3) is 3.20. The second kappa shape index (κ2) is 6.57. The van der Waals surface area contributed by atoms with Gasteiger partial charge in [-0.2, -0.15) is 0 Å². The van der Waals surface area contributed by atoms with Crippen LogP contribution >= 0.6 is 11.8 Å². The number of benzene rings is 2. The topological polar surface area (TPSA) is 20.3 Å². The fourth-order valence-electron chi connectivity index (χ4n) is 1.98. The monoisotopic (exact) mass is 289 g/mol. The van der Waals surface area contributed by atoms with Crippen LogP contribution < -0.4 is 0 Å². The Bertz CT molecular complexity index is 615. The molecule has 1 amide bonds. The molecule has 0 unspecified atom stereocenters. The smallest absolute Gasteiger partial charge is 0.255 e. The fraction of sp³-hybridized carbons (Fsp3) is 0.188. The molecule has 0 atom stereocenters. The summed E-state index contributed by atoms with van der Waals surface area (Å²) in [5, 5.41) is 0. The Morgan fingerprint density at radius 2 is 1.80 bits per heavy atom. The summed E-state index contributed by atoms with van der Waals surface area (Å²) in [6.45, 7) is 0.258. The standard InChI is InChI=1S/C16H16FNOS/c1-18(11-12-7-3-5-9-14(12)17)16(19)13-8-4-6-10-15(13)20-2/h3-10H,11H2,1-2H3. The van der Waals surface area contributed by atoms with Gasteiger partial charge in [-0.15, -0.1) is 11.8 Å². The molecule has 2 rings (SSSR count). The van der Waals surface area contributed by atoms with Gasteiger partial charge in [-0.05, 0) is 24.5 Å². The van der Waals surface area contributed by atoms with Crippen LogP contribution in [0.4, 0.5) is 4.39 Å². The SMILES string of the molecule is CSc1ccccc1C(=O)N(C)Cc1ccccc1F. The van der Waals surface area contributed by atoms with E-state index in [1.165, 1.54) is 22.7 Å². The Labute approximate surface area is 122 Å². The Balaban J connectivity index is 2.19. The van der Waals surface area contributed by atoms with Crippen LogP contribution in [0.2, 0.25) is 0 Å². The van der Waals surface area contributed by atoms with Crippen molar-refractivity contribution in [1.29, 1.82) is 0 Å². The van der Waals surface area contributed by atoms with E-state index in [1.54, 1.807) is 31.3 Å². The van der Waals surface area contributed by atoms with Crippen LogP contribution in [0.1, 0.15) is 15.9 Å². The molecule has 0 aliphatic heterocycles. The van der Waals surface area contributed by atoms with Crippen LogP contribution in [0.15, 0.2) is 53.4 Å². The van der Waals surface area contributed by atoms with Crippen molar-refractivity contribution in [3.05, 3.63) is 65.5 Å². The van der Waals surface area contributed by atoms with Crippen LogP contribution in [0.5, 0.6) is 0 Å². The number of hydrogen-bond donors (Lipinski definition) is 0. The van der Waals surface area contributed by atoms with Crippen molar-refractivity contribution < 1.29 is 9.18 Å². The highest BCUT2D eigenvalue weighted by atomic mass is 32.2. The van der Waals surface area contributed by atoms with E-state index in [9.17, 15) is 9.18 Å². The molecular weight excluding hydrogens is 273 g/mol.